The SMILES string of the molecule is COc1cc2c(c(OC)c1OC)-c1ccc(OC)c(=O)cc1[C@H](NC(=O)CCSS(C)(=O)=O)CC2. The Labute approximate surface area is 208 Å². The van der Waals surface area contributed by atoms with Crippen LogP contribution in [0.1, 0.15) is 30.0 Å². The molecule has 1 atom stereocenters. The minimum atomic E-state index is -3.24. The smallest absolute Gasteiger partial charge is 0.221 e. The van der Waals surface area contributed by atoms with E-state index in [0.29, 0.717) is 41.2 Å². The van der Waals surface area contributed by atoms with Crippen molar-refractivity contribution in [2.24, 2.45) is 0 Å². The van der Waals surface area contributed by atoms with E-state index in [0.717, 1.165) is 28.2 Å². The third kappa shape index (κ3) is 6.02. The predicted octanol–water partition coefficient (Wildman–Crippen LogP) is 2.93. The van der Waals surface area contributed by atoms with Crippen LogP contribution in [-0.4, -0.2) is 54.8 Å². The molecular weight excluding hydrogens is 494 g/mol. The van der Waals surface area contributed by atoms with Crippen LogP contribution in [0.25, 0.3) is 11.1 Å². The molecule has 1 aliphatic rings. The molecule has 2 aromatic rings. The fraction of sp³-hybridized carbons (Fsp3) is 0.417. The van der Waals surface area contributed by atoms with E-state index in [2.05, 4.69) is 5.32 Å². The van der Waals surface area contributed by atoms with Crippen LogP contribution >= 0.6 is 10.8 Å². The number of rotatable bonds is 9. The van der Waals surface area contributed by atoms with Gasteiger partial charge in [0.15, 0.2) is 26.1 Å². The molecule has 35 heavy (non-hydrogen) atoms. The topological polar surface area (TPSA) is 117 Å². The molecule has 2 aromatic carbocycles. The normalized spacial score (nSPS) is 14.7. The van der Waals surface area contributed by atoms with Crippen LogP contribution in [-0.2, 0) is 20.1 Å². The van der Waals surface area contributed by atoms with Crippen LogP contribution in [0.4, 0.5) is 0 Å². The highest BCUT2D eigenvalue weighted by Gasteiger charge is 2.29. The summed E-state index contributed by atoms with van der Waals surface area (Å²) in [5.41, 5.74) is 2.60. The zero-order chi connectivity index (χ0) is 25.8. The van der Waals surface area contributed by atoms with Crippen molar-refractivity contribution < 1.29 is 32.2 Å². The van der Waals surface area contributed by atoms with Crippen LogP contribution < -0.4 is 29.7 Å². The van der Waals surface area contributed by atoms with Crippen LogP contribution in [0, 0.1) is 0 Å². The molecule has 1 N–H and O–H groups in total. The van der Waals surface area contributed by atoms with Crippen LogP contribution in [0.2, 0.25) is 0 Å². The maximum Gasteiger partial charge on any atom is 0.221 e. The zero-order valence-electron chi connectivity index (χ0n) is 20.3. The van der Waals surface area contributed by atoms with E-state index in [9.17, 15) is 18.0 Å². The zero-order valence-corrected chi connectivity index (χ0v) is 21.9. The average Bonchev–Trinajstić information content (AvgIpc) is 3.05. The van der Waals surface area contributed by atoms with Crippen LogP contribution in [0.3, 0.4) is 0 Å². The molecule has 9 nitrogen and oxygen atoms in total. The summed E-state index contributed by atoms with van der Waals surface area (Å²) in [7, 11) is 3.49. The van der Waals surface area contributed by atoms with E-state index in [4.69, 9.17) is 18.9 Å². The molecule has 0 bridgehead atoms. The number of ether oxygens (including phenoxy) is 4. The number of amides is 1. The van der Waals surface area contributed by atoms with Gasteiger partial charge in [0.2, 0.25) is 17.1 Å². The summed E-state index contributed by atoms with van der Waals surface area (Å²) >= 11 is 0. The van der Waals surface area contributed by atoms with Crippen molar-refractivity contribution in [1.82, 2.24) is 5.32 Å². The van der Waals surface area contributed by atoms with Gasteiger partial charge in [0.1, 0.15) is 0 Å². The summed E-state index contributed by atoms with van der Waals surface area (Å²) in [5.74, 6) is 1.37. The van der Waals surface area contributed by atoms with E-state index in [1.165, 1.54) is 27.4 Å². The molecule has 1 aliphatic carbocycles. The molecule has 0 saturated heterocycles. The van der Waals surface area contributed by atoms with Gasteiger partial charge in [-0.3, -0.25) is 9.59 Å². The number of hydrogen-bond acceptors (Lipinski definition) is 9. The molecule has 0 unspecified atom stereocenters. The maximum atomic E-state index is 12.9. The number of hydrogen-bond donors (Lipinski definition) is 1. The summed E-state index contributed by atoms with van der Waals surface area (Å²) < 4.78 is 44.9. The van der Waals surface area contributed by atoms with E-state index in [1.807, 2.05) is 6.07 Å². The molecule has 0 aromatic heterocycles. The summed E-state index contributed by atoms with van der Waals surface area (Å²) in [6.45, 7) is 0. The van der Waals surface area contributed by atoms with Crippen LogP contribution in [0.5, 0.6) is 23.0 Å². The van der Waals surface area contributed by atoms with Crippen molar-refractivity contribution >= 4 is 25.6 Å². The Bertz CT molecular complexity index is 1280. The van der Waals surface area contributed by atoms with Crippen LogP contribution in [0.15, 0.2) is 29.1 Å². The Balaban J connectivity index is 2.15. The monoisotopic (exact) mass is 523 g/mol. The Morgan fingerprint density at radius 1 is 1.03 bits per heavy atom. The second-order valence-corrected chi connectivity index (χ2v) is 12.5. The molecule has 0 radical (unpaired) electrons. The van der Waals surface area contributed by atoms with Crippen molar-refractivity contribution in [3.63, 3.8) is 0 Å². The first-order valence-electron chi connectivity index (χ1n) is 10.8. The van der Waals surface area contributed by atoms with Gasteiger partial charge in [-0.25, -0.2) is 8.42 Å². The minimum absolute atomic E-state index is 0.0218. The lowest BCUT2D eigenvalue weighted by Gasteiger charge is -2.20. The van der Waals surface area contributed by atoms with E-state index in [-0.39, 0.29) is 29.3 Å². The maximum absolute atomic E-state index is 12.9. The minimum Gasteiger partial charge on any atom is -0.493 e. The molecule has 3 rings (SSSR count). The lowest BCUT2D eigenvalue weighted by molar-refractivity contribution is -0.121. The molecule has 11 heteroatoms. The fourth-order valence-corrected chi connectivity index (χ4v) is 5.90. The van der Waals surface area contributed by atoms with E-state index < -0.39 is 14.9 Å². The molecule has 0 heterocycles. The van der Waals surface area contributed by atoms with Gasteiger partial charge in [0.05, 0.1) is 34.5 Å². The first kappa shape index (κ1) is 26.7. The number of carbonyl (C=O) groups excluding carboxylic acids is 1. The second-order valence-electron chi connectivity index (χ2n) is 7.89. The molecule has 1 amide bonds. The molecule has 0 fully saturated rings. The Kier molecular flexibility index (Phi) is 8.55. The molecule has 0 aliphatic heterocycles. The predicted molar refractivity (Wildman–Crippen MR) is 135 cm³/mol. The van der Waals surface area contributed by atoms with Gasteiger partial charge >= 0.3 is 0 Å². The lowest BCUT2D eigenvalue weighted by atomic mass is 9.95. The van der Waals surface area contributed by atoms with Gasteiger partial charge < -0.3 is 24.3 Å². The van der Waals surface area contributed by atoms with Gasteiger partial charge in [0, 0.05) is 24.0 Å². The fourth-order valence-electron chi connectivity index (χ4n) is 4.17. The number of nitrogens with one attached hydrogen (secondary N) is 1. The van der Waals surface area contributed by atoms with Crippen molar-refractivity contribution in [3.05, 3.63) is 45.6 Å². The second kappa shape index (κ2) is 11.2. The quantitative estimate of drug-likeness (QED) is 0.495. The first-order chi connectivity index (χ1) is 16.6. The third-order valence-electron chi connectivity index (χ3n) is 5.68. The van der Waals surface area contributed by atoms with E-state index in [1.54, 1.807) is 19.2 Å². The summed E-state index contributed by atoms with van der Waals surface area (Å²) in [6, 6.07) is 6.20. The lowest BCUT2D eigenvalue weighted by Crippen LogP contribution is -2.29. The van der Waals surface area contributed by atoms with Gasteiger partial charge in [-0.2, -0.15) is 0 Å². The van der Waals surface area contributed by atoms with Crippen molar-refractivity contribution in [2.45, 2.75) is 25.3 Å². The van der Waals surface area contributed by atoms with Crippen molar-refractivity contribution in [1.29, 1.82) is 0 Å². The van der Waals surface area contributed by atoms with Gasteiger partial charge in [-0.1, -0.05) is 6.07 Å². The Hall–Kier alpha value is -2.92. The molecular formula is C24H29NO8S2. The standard InChI is InChI=1S/C24H29NO8S2/c1-30-19-9-7-15-16(13-18(19)26)17(25-21(27)10-11-34-35(5,28)29)8-6-14-12-20(31-2)23(32-3)24(33-4)22(14)15/h7,9,12-13,17H,6,8,10-11H2,1-5H3,(H,25,27)/t17-/m1/s1. The number of fused-ring (bicyclic) bond motifs is 3. The summed E-state index contributed by atoms with van der Waals surface area (Å²) in [4.78, 5) is 25.6. The number of aryl methyl sites for hydroxylation is 1. The summed E-state index contributed by atoms with van der Waals surface area (Å²) in [6.07, 6.45) is 2.18. The Morgan fingerprint density at radius 2 is 1.71 bits per heavy atom. The Morgan fingerprint density at radius 3 is 2.31 bits per heavy atom. The number of benzene rings is 1. The highest BCUT2D eigenvalue weighted by molar-refractivity contribution is 8.71. The molecule has 0 spiro atoms. The highest BCUT2D eigenvalue weighted by atomic mass is 33.1. The largest absolute Gasteiger partial charge is 0.493 e. The number of methoxy groups -OCH3 is 4. The number of carbonyl (C=O) groups is 1. The average molecular weight is 524 g/mol. The van der Waals surface area contributed by atoms with Gasteiger partial charge in [-0.15, -0.1) is 0 Å². The molecule has 0 saturated carbocycles. The van der Waals surface area contributed by atoms with Crippen molar-refractivity contribution in [3.8, 4) is 34.1 Å². The molecule has 190 valence electrons. The van der Waals surface area contributed by atoms with Crippen molar-refractivity contribution in [2.75, 3.05) is 40.4 Å². The third-order valence-corrected chi connectivity index (χ3v) is 8.27. The highest BCUT2D eigenvalue weighted by Crippen LogP contribution is 2.50. The van der Waals surface area contributed by atoms with E-state index >= 15 is 0 Å². The van der Waals surface area contributed by atoms with Gasteiger partial charge in [0.25, 0.3) is 0 Å². The summed E-state index contributed by atoms with van der Waals surface area (Å²) in [5, 5.41) is 2.98. The van der Waals surface area contributed by atoms with Gasteiger partial charge in [-0.05, 0) is 58.5 Å². The first-order valence-corrected chi connectivity index (χ1v) is 14.2.